The molecule has 0 aliphatic heterocycles. The largest absolute Gasteiger partial charge is 0.480 e. The number of hydrogen-bond donors (Lipinski definition) is 2. The van der Waals surface area contributed by atoms with Gasteiger partial charge in [-0.05, 0) is 24.5 Å². The Morgan fingerprint density at radius 1 is 1.40 bits per heavy atom. The Hall–Kier alpha value is -3.23. The summed E-state index contributed by atoms with van der Waals surface area (Å²) >= 11 is 0. The van der Waals surface area contributed by atoms with Gasteiger partial charge in [0, 0.05) is 18.3 Å². The first-order valence-electron chi connectivity index (χ1n) is 7.78. The molecule has 1 amide bonds. The van der Waals surface area contributed by atoms with Crippen molar-refractivity contribution in [2.24, 2.45) is 5.92 Å². The van der Waals surface area contributed by atoms with Crippen molar-refractivity contribution in [3.63, 3.8) is 0 Å². The Kier molecular flexibility index (Phi) is 4.46. The van der Waals surface area contributed by atoms with Gasteiger partial charge >= 0.3 is 5.97 Å². The summed E-state index contributed by atoms with van der Waals surface area (Å²) in [5, 5.41) is 26.6. The number of carbonyl (C=O) groups excluding carboxylic acids is 1. The number of aliphatic carboxylic acids is 1. The third kappa shape index (κ3) is 4.00. The molecular weight excluding hydrogens is 328 g/mol. The lowest BCUT2D eigenvalue weighted by molar-refractivity contribution is -0.384. The minimum atomic E-state index is -1.07. The van der Waals surface area contributed by atoms with Crippen LogP contribution in [0.2, 0.25) is 0 Å². The second-order valence-corrected chi connectivity index (χ2v) is 5.97. The SMILES string of the molecule is O=C(NC(CC1CC1)C(=O)O)c1ccn(-c2cccc([N+](=O)[O-])c2)n1. The van der Waals surface area contributed by atoms with Crippen molar-refractivity contribution >= 4 is 17.6 Å². The summed E-state index contributed by atoms with van der Waals surface area (Å²) in [7, 11) is 0. The highest BCUT2D eigenvalue weighted by molar-refractivity contribution is 5.94. The number of nitro benzene ring substituents is 1. The van der Waals surface area contributed by atoms with Gasteiger partial charge in [0.1, 0.15) is 6.04 Å². The van der Waals surface area contributed by atoms with E-state index in [0.717, 1.165) is 12.8 Å². The van der Waals surface area contributed by atoms with Crippen LogP contribution in [-0.2, 0) is 4.79 Å². The number of nitro groups is 1. The molecule has 25 heavy (non-hydrogen) atoms. The van der Waals surface area contributed by atoms with Gasteiger partial charge in [-0.25, -0.2) is 9.48 Å². The van der Waals surface area contributed by atoms with Crippen molar-refractivity contribution in [2.75, 3.05) is 0 Å². The van der Waals surface area contributed by atoms with E-state index < -0.39 is 22.8 Å². The highest BCUT2D eigenvalue weighted by atomic mass is 16.6. The number of aromatic nitrogens is 2. The molecule has 1 aliphatic rings. The fourth-order valence-electron chi connectivity index (χ4n) is 2.48. The zero-order valence-electron chi connectivity index (χ0n) is 13.2. The normalized spacial score (nSPS) is 14.7. The molecule has 9 nitrogen and oxygen atoms in total. The highest BCUT2D eigenvalue weighted by Gasteiger charge is 2.30. The second-order valence-electron chi connectivity index (χ2n) is 5.97. The molecule has 1 saturated carbocycles. The van der Waals surface area contributed by atoms with Crippen LogP contribution in [0, 0.1) is 16.0 Å². The molecule has 1 heterocycles. The summed E-state index contributed by atoms with van der Waals surface area (Å²) in [6.07, 6.45) is 3.87. The monoisotopic (exact) mass is 344 g/mol. The van der Waals surface area contributed by atoms with Crippen LogP contribution >= 0.6 is 0 Å². The van der Waals surface area contributed by atoms with Crippen molar-refractivity contribution in [3.8, 4) is 5.69 Å². The molecule has 9 heteroatoms. The van der Waals surface area contributed by atoms with Crippen LogP contribution in [0.3, 0.4) is 0 Å². The average molecular weight is 344 g/mol. The fourth-order valence-corrected chi connectivity index (χ4v) is 2.48. The van der Waals surface area contributed by atoms with Crippen LogP contribution in [0.5, 0.6) is 0 Å². The number of non-ortho nitro benzene ring substituents is 1. The van der Waals surface area contributed by atoms with Gasteiger partial charge in [-0.3, -0.25) is 14.9 Å². The number of nitrogens with one attached hydrogen (secondary N) is 1. The molecule has 0 saturated heterocycles. The first-order valence-corrected chi connectivity index (χ1v) is 7.78. The van der Waals surface area contributed by atoms with Gasteiger partial charge in [0.25, 0.3) is 11.6 Å². The molecule has 0 spiro atoms. The summed E-state index contributed by atoms with van der Waals surface area (Å²) in [6, 6.07) is 6.32. The van der Waals surface area contributed by atoms with Crippen molar-refractivity contribution in [2.45, 2.75) is 25.3 Å². The summed E-state index contributed by atoms with van der Waals surface area (Å²) in [4.78, 5) is 33.8. The molecule has 130 valence electrons. The molecule has 1 aromatic heterocycles. The van der Waals surface area contributed by atoms with Crippen LogP contribution < -0.4 is 5.32 Å². The van der Waals surface area contributed by atoms with E-state index in [2.05, 4.69) is 10.4 Å². The van der Waals surface area contributed by atoms with Gasteiger partial charge in [0.2, 0.25) is 0 Å². The van der Waals surface area contributed by atoms with Crippen LogP contribution in [0.25, 0.3) is 5.69 Å². The Labute approximate surface area is 142 Å². The van der Waals surface area contributed by atoms with Crippen LogP contribution in [0.4, 0.5) is 5.69 Å². The first kappa shape index (κ1) is 16.6. The van der Waals surface area contributed by atoms with E-state index in [1.807, 2.05) is 0 Å². The number of carbonyl (C=O) groups is 2. The zero-order valence-corrected chi connectivity index (χ0v) is 13.2. The van der Waals surface area contributed by atoms with E-state index in [0.29, 0.717) is 18.0 Å². The molecule has 1 unspecified atom stereocenters. The Balaban J connectivity index is 1.73. The predicted molar refractivity (Wildman–Crippen MR) is 86.4 cm³/mol. The third-order valence-electron chi connectivity index (χ3n) is 4.00. The molecule has 1 fully saturated rings. The third-order valence-corrected chi connectivity index (χ3v) is 4.00. The van der Waals surface area contributed by atoms with Gasteiger partial charge in [0.05, 0.1) is 10.6 Å². The average Bonchev–Trinajstić information content (AvgIpc) is 3.26. The van der Waals surface area contributed by atoms with E-state index in [1.165, 1.54) is 35.1 Å². The summed E-state index contributed by atoms with van der Waals surface area (Å²) in [5.74, 6) is -1.31. The second kappa shape index (κ2) is 6.71. The van der Waals surface area contributed by atoms with Gasteiger partial charge in [-0.15, -0.1) is 0 Å². The standard InChI is InChI=1S/C16H16N4O5/c21-15(17-14(16(22)23)8-10-4-5-10)13-6-7-19(18-13)11-2-1-3-12(9-11)20(24)25/h1-3,6-7,9-10,14H,4-5,8H2,(H,17,21)(H,22,23). The number of benzene rings is 1. The maximum atomic E-state index is 12.2. The maximum absolute atomic E-state index is 12.2. The number of nitrogens with zero attached hydrogens (tertiary/aromatic N) is 3. The molecule has 1 aromatic carbocycles. The topological polar surface area (TPSA) is 127 Å². The molecule has 0 bridgehead atoms. The lowest BCUT2D eigenvalue weighted by Crippen LogP contribution is -2.41. The van der Waals surface area contributed by atoms with E-state index in [-0.39, 0.29) is 11.4 Å². The van der Waals surface area contributed by atoms with Crippen molar-refractivity contribution in [1.29, 1.82) is 0 Å². The highest BCUT2D eigenvalue weighted by Crippen LogP contribution is 2.33. The van der Waals surface area contributed by atoms with Gasteiger partial charge in [0.15, 0.2) is 5.69 Å². The number of rotatable bonds is 7. The fraction of sp³-hybridized carbons (Fsp3) is 0.312. The molecule has 0 radical (unpaired) electrons. The number of amides is 1. The van der Waals surface area contributed by atoms with Gasteiger partial charge < -0.3 is 10.4 Å². The van der Waals surface area contributed by atoms with Crippen LogP contribution in [-0.4, -0.2) is 37.7 Å². The Bertz CT molecular complexity index is 827. The molecule has 1 atom stereocenters. The summed E-state index contributed by atoms with van der Waals surface area (Å²) in [6.45, 7) is 0. The minimum Gasteiger partial charge on any atom is -0.480 e. The predicted octanol–water partition coefficient (Wildman–Crippen LogP) is 1.76. The van der Waals surface area contributed by atoms with Crippen molar-refractivity contribution in [3.05, 3.63) is 52.3 Å². The van der Waals surface area contributed by atoms with E-state index >= 15 is 0 Å². The quantitative estimate of drug-likeness (QED) is 0.582. The Morgan fingerprint density at radius 2 is 2.16 bits per heavy atom. The molecule has 2 N–H and O–H groups in total. The molecule has 3 rings (SSSR count). The lowest BCUT2D eigenvalue weighted by Gasteiger charge is -2.12. The number of hydrogen-bond acceptors (Lipinski definition) is 5. The summed E-state index contributed by atoms with van der Waals surface area (Å²) in [5.41, 5.74) is 0.393. The van der Waals surface area contributed by atoms with E-state index in [9.17, 15) is 24.8 Å². The first-order chi connectivity index (χ1) is 11.9. The van der Waals surface area contributed by atoms with E-state index in [4.69, 9.17) is 0 Å². The zero-order chi connectivity index (χ0) is 18.0. The van der Waals surface area contributed by atoms with E-state index in [1.54, 1.807) is 6.07 Å². The van der Waals surface area contributed by atoms with Gasteiger partial charge in [-0.1, -0.05) is 18.9 Å². The molecule has 1 aliphatic carbocycles. The Morgan fingerprint density at radius 3 is 2.80 bits per heavy atom. The molecule has 2 aromatic rings. The van der Waals surface area contributed by atoms with Gasteiger partial charge in [-0.2, -0.15) is 5.10 Å². The van der Waals surface area contributed by atoms with Crippen LogP contribution in [0.15, 0.2) is 36.5 Å². The summed E-state index contributed by atoms with van der Waals surface area (Å²) < 4.78 is 1.33. The molecular formula is C16H16N4O5. The van der Waals surface area contributed by atoms with Crippen molar-refractivity contribution < 1.29 is 19.6 Å². The number of carboxylic acid groups (broad SMARTS) is 1. The number of carboxylic acids is 1. The lowest BCUT2D eigenvalue weighted by atomic mass is 10.1. The smallest absolute Gasteiger partial charge is 0.326 e. The maximum Gasteiger partial charge on any atom is 0.326 e. The van der Waals surface area contributed by atoms with Crippen molar-refractivity contribution in [1.82, 2.24) is 15.1 Å². The minimum absolute atomic E-state index is 0.0496. The van der Waals surface area contributed by atoms with Crippen LogP contribution in [0.1, 0.15) is 29.8 Å².